The number of non-ortho nitro benzene ring substituents is 1. The molecule has 23 heavy (non-hydrogen) atoms. The van der Waals surface area contributed by atoms with Gasteiger partial charge in [0.25, 0.3) is 5.69 Å². The first-order valence-corrected chi connectivity index (χ1v) is 7.55. The van der Waals surface area contributed by atoms with Crippen molar-refractivity contribution in [2.24, 2.45) is 0 Å². The Bertz CT molecular complexity index is 842. The zero-order valence-corrected chi connectivity index (χ0v) is 12.8. The van der Waals surface area contributed by atoms with Gasteiger partial charge in [-0.3, -0.25) is 10.1 Å². The molecule has 3 rings (SSSR count). The number of nitrogens with one attached hydrogen (secondary N) is 1. The molecule has 0 fully saturated rings. The molecule has 0 saturated carbocycles. The minimum atomic E-state index is -0.415. The van der Waals surface area contributed by atoms with Crippen LogP contribution in [-0.2, 0) is 0 Å². The molecule has 1 heterocycles. The topological polar surface area (TPSA) is 81.1 Å². The number of nitro groups is 1. The van der Waals surface area contributed by atoms with Crippen LogP contribution in [0.15, 0.2) is 42.5 Å². The molecule has 118 valence electrons. The van der Waals surface area contributed by atoms with Crippen molar-refractivity contribution in [1.82, 2.24) is 9.97 Å². The zero-order valence-electron chi connectivity index (χ0n) is 12.8. The molecule has 0 aliphatic rings. The highest BCUT2D eigenvalue weighted by atomic mass is 16.6. The molecule has 6 nitrogen and oxygen atoms in total. The lowest BCUT2D eigenvalue weighted by molar-refractivity contribution is -0.384. The molecule has 1 aromatic heterocycles. The molecule has 0 saturated heterocycles. The van der Waals surface area contributed by atoms with Crippen LogP contribution in [0.2, 0.25) is 0 Å². The van der Waals surface area contributed by atoms with Crippen molar-refractivity contribution in [2.75, 3.05) is 6.61 Å². The van der Waals surface area contributed by atoms with Crippen molar-refractivity contribution < 1.29 is 9.66 Å². The predicted molar refractivity (Wildman–Crippen MR) is 88.6 cm³/mol. The number of unbranched alkanes of at least 4 members (excludes halogenated alkanes) is 1. The number of nitrogens with zero attached hydrogens (tertiary/aromatic N) is 2. The van der Waals surface area contributed by atoms with Crippen molar-refractivity contribution in [1.29, 1.82) is 0 Å². The monoisotopic (exact) mass is 311 g/mol. The first-order valence-electron chi connectivity index (χ1n) is 7.55. The molecule has 0 aliphatic heterocycles. The number of rotatable bonds is 6. The van der Waals surface area contributed by atoms with Crippen molar-refractivity contribution in [3.05, 3.63) is 52.6 Å². The molecule has 0 atom stereocenters. The average molecular weight is 311 g/mol. The van der Waals surface area contributed by atoms with Gasteiger partial charge in [-0.05, 0) is 24.6 Å². The summed E-state index contributed by atoms with van der Waals surface area (Å²) >= 11 is 0. The van der Waals surface area contributed by atoms with E-state index in [0.29, 0.717) is 23.5 Å². The second kappa shape index (κ2) is 6.48. The van der Waals surface area contributed by atoms with Crippen LogP contribution in [0, 0.1) is 10.1 Å². The summed E-state index contributed by atoms with van der Waals surface area (Å²) in [6.07, 6.45) is 2.10. The van der Waals surface area contributed by atoms with Crippen LogP contribution in [0.5, 0.6) is 5.75 Å². The molecule has 0 amide bonds. The fourth-order valence-electron chi connectivity index (χ4n) is 2.32. The Labute approximate surface area is 133 Å². The minimum absolute atomic E-state index is 0.0457. The number of fused-ring (bicyclic) bond motifs is 1. The summed E-state index contributed by atoms with van der Waals surface area (Å²) in [5, 5.41) is 10.8. The van der Waals surface area contributed by atoms with E-state index in [-0.39, 0.29) is 5.69 Å². The Morgan fingerprint density at radius 3 is 2.91 bits per heavy atom. The number of ether oxygens (including phenoxy) is 1. The average Bonchev–Trinajstić information content (AvgIpc) is 2.98. The van der Waals surface area contributed by atoms with Gasteiger partial charge in [0.15, 0.2) is 0 Å². The molecule has 3 aromatic rings. The van der Waals surface area contributed by atoms with Gasteiger partial charge in [0.05, 0.1) is 22.6 Å². The van der Waals surface area contributed by atoms with E-state index >= 15 is 0 Å². The summed E-state index contributed by atoms with van der Waals surface area (Å²) in [4.78, 5) is 18.0. The Hall–Kier alpha value is -2.89. The number of hydrogen-bond donors (Lipinski definition) is 1. The number of benzene rings is 2. The van der Waals surface area contributed by atoms with Gasteiger partial charge in [0.1, 0.15) is 11.6 Å². The fourth-order valence-corrected chi connectivity index (χ4v) is 2.32. The van der Waals surface area contributed by atoms with Gasteiger partial charge in [-0.15, -0.1) is 0 Å². The normalized spacial score (nSPS) is 10.8. The number of hydrogen-bond acceptors (Lipinski definition) is 4. The van der Waals surface area contributed by atoms with E-state index in [9.17, 15) is 10.1 Å². The standard InChI is InChI=1S/C17H17N3O3/c1-2-3-9-23-14-6-4-5-12(10-14)17-18-15-8-7-13(20(21)22)11-16(15)19-17/h4-8,10-11H,2-3,9H2,1H3,(H,18,19). The summed E-state index contributed by atoms with van der Waals surface area (Å²) in [5.74, 6) is 1.46. The van der Waals surface area contributed by atoms with Crippen LogP contribution in [0.1, 0.15) is 19.8 Å². The van der Waals surface area contributed by atoms with Crippen molar-refractivity contribution in [3.8, 4) is 17.1 Å². The van der Waals surface area contributed by atoms with Crippen molar-refractivity contribution >= 4 is 16.7 Å². The Morgan fingerprint density at radius 2 is 2.13 bits per heavy atom. The zero-order chi connectivity index (χ0) is 16.2. The molecule has 0 unspecified atom stereocenters. The molecule has 0 bridgehead atoms. The van der Waals surface area contributed by atoms with E-state index < -0.39 is 4.92 Å². The molecule has 0 aliphatic carbocycles. The van der Waals surface area contributed by atoms with Crippen LogP contribution in [0.4, 0.5) is 5.69 Å². The van der Waals surface area contributed by atoms with Crippen LogP contribution >= 0.6 is 0 Å². The van der Waals surface area contributed by atoms with E-state index in [1.807, 2.05) is 24.3 Å². The quantitative estimate of drug-likeness (QED) is 0.417. The van der Waals surface area contributed by atoms with Gasteiger partial charge >= 0.3 is 0 Å². The maximum atomic E-state index is 10.8. The second-order valence-corrected chi connectivity index (χ2v) is 5.27. The van der Waals surface area contributed by atoms with Gasteiger partial charge in [-0.2, -0.15) is 0 Å². The highest BCUT2D eigenvalue weighted by molar-refractivity contribution is 5.81. The molecule has 2 aromatic carbocycles. The summed E-state index contributed by atoms with van der Waals surface area (Å²) in [6, 6.07) is 12.3. The van der Waals surface area contributed by atoms with Gasteiger partial charge in [-0.25, -0.2) is 4.98 Å². The predicted octanol–water partition coefficient (Wildman–Crippen LogP) is 4.32. The largest absolute Gasteiger partial charge is 0.494 e. The molecule has 6 heteroatoms. The molecule has 1 N–H and O–H groups in total. The Morgan fingerprint density at radius 1 is 1.26 bits per heavy atom. The second-order valence-electron chi connectivity index (χ2n) is 5.27. The van der Waals surface area contributed by atoms with Crippen LogP contribution in [-0.4, -0.2) is 21.5 Å². The lowest BCUT2D eigenvalue weighted by Crippen LogP contribution is -1.96. The van der Waals surface area contributed by atoms with Crippen molar-refractivity contribution in [2.45, 2.75) is 19.8 Å². The maximum Gasteiger partial charge on any atom is 0.271 e. The number of imidazole rings is 1. The highest BCUT2D eigenvalue weighted by Gasteiger charge is 2.11. The van der Waals surface area contributed by atoms with Gasteiger partial charge in [0, 0.05) is 17.7 Å². The number of nitro benzene ring substituents is 1. The Kier molecular flexibility index (Phi) is 4.23. The molecular formula is C17H17N3O3. The fraction of sp³-hybridized carbons (Fsp3) is 0.235. The third-order valence-electron chi connectivity index (χ3n) is 3.55. The third kappa shape index (κ3) is 3.31. The lowest BCUT2D eigenvalue weighted by atomic mass is 10.2. The van der Waals surface area contributed by atoms with Crippen molar-refractivity contribution in [3.63, 3.8) is 0 Å². The molecule has 0 spiro atoms. The van der Waals surface area contributed by atoms with E-state index in [2.05, 4.69) is 16.9 Å². The number of aromatic nitrogens is 2. The summed E-state index contributed by atoms with van der Waals surface area (Å²) in [6.45, 7) is 2.81. The highest BCUT2D eigenvalue weighted by Crippen LogP contribution is 2.26. The van der Waals surface area contributed by atoms with E-state index in [0.717, 1.165) is 24.2 Å². The SMILES string of the molecule is CCCCOc1cccc(-c2nc3ccc([N+](=O)[O-])cc3[nH]2)c1. The Balaban J connectivity index is 1.90. The molecule has 0 radical (unpaired) electrons. The first kappa shape index (κ1) is 15.0. The smallest absolute Gasteiger partial charge is 0.271 e. The lowest BCUT2D eigenvalue weighted by Gasteiger charge is -2.06. The van der Waals surface area contributed by atoms with E-state index in [1.165, 1.54) is 12.1 Å². The maximum absolute atomic E-state index is 10.8. The first-order chi connectivity index (χ1) is 11.2. The number of aromatic amines is 1. The molecular weight excluding hydrogens is 294 g/mol. The van der Waals surface area contributed by atoms with Gasteiger partial charge in [-0.1, -0.05) is 25.5 Å². The van der Waals surface area contributed by atoms with E-state index in [4.69, 9.17) is 4.74 Å². The van der Waals surface area contributed by atoms with Crippen LogP contribution < -0.4 is 4.74 Å². The van der Waals surface area contributed by atoms with E-state index in [1.54, 1.807) is 6.07 Å². The summed E-state index contributed by atoms with van der Waals surface area (Å²) < 4.78 is 5.70. The summed E-state index contributed by atoms with van der Waals surface area (Å²) in [7, 11) is 0. The van der Waals surface area contributed by atoms with Crippen LogP contribution in [0.3, 0.4) is 0 Å². The van der Waals surface area contributed by atoms with Crippen LogP contribution in [0.25, 0.3) is 22.4 Å². The summed E-state index contributed by atoms with van der Waals surface area (Å²) in [5.41, 5.74) is 2.27. The minimum Gasteiger partial charge on any atom is -0.494 e. The van der Waals surface area contributed by atoms with Gasteiger partial charge < -0.3 is 9.72 Å². The third-order valence-corrected chi connectivity index (χ3v) is 3.55. The van der Waals surface area contributed by atoms with Gasteiger partial charge in [0.2, 0.25) is 0 Å². The number of H-pyrrole nitrogens is 1.